The quantitative estimate of drug-likeness (QED) is 0.644. The molecule has 0 radical (unpaired) electrons. The Bertz CT molecular complexity index is 767. The van der Waals surface area contributed by atoms with Gasteiger partial charge in [-0.2, -0.15) is 0 Å². The second kappa shape index (κ2) is 6.70. The molecule has 0 heterocycles. The van der Waals surface area contributed by atoms with E-state index in [-0.39, 0.29) is 11.6 Å². The fourth-order valence-electron chi connectivity index (χ4n) is 2.29. The Balaban J connectivity index is 1.65. The van der Waals surface area contributed by atoms with Crippen molar-refractivity contribution in [2.75, 3.05) is 11.9 Å². The third kappa shape index (κ3) is 3.90. The Hall–Kier alpha value is -2.89. The molecule has 0 atom stereocenters. The van der Waals surface area contributed by atoms with Crippen LogP contribution in [0.1, 0.15) is 28.8 Å². The first-order valence-corrected chi connectivity index (χ1v) is 7.82. The molecule has 0 spiro atoms. The lowest BCUT2D eigenvalue weighted by atomic mass is 10.1. The van der Waals surface area contributed by atoms with Gasteiger partial charge in [0.25, 0.3) is 11.6 Å². The highest BCUT2D eigenvalue weighted by molar-refractivity contribution is 6.04. The third-order valence-electron chi connectivity index (χ3n) is 3.96. The Morgan fingerprint density at radius 2 is 1.96 bits per heavy atom. The molecule has 1 aliphatic carbocycles. The van der Waals surface area contributed by atoms with Crippen LogP contribution in [0.4, 0.5) is 11.4 Å². The lowest BCUT2D eigenvalue weighted by Gasteiger charge is -2.08. The van der Waals surface area contributed by atoms with Crippen LogP contribution in [-0.4, -0.2) is 17.4 Å². The number of hydrogen-bond acceptors (Lipinski definition) is 4. The van der Waals surface area contributed by atoms with Crippen molar-refractivity contribution in [2.45, 2.75) is 19.8 Å². The standard InChI is InChI=1S/C18H18N2O4/c1-12-2-7-15(10-17(12)20(22)23)19-18(21)14-5-8-16(9-6-14)24-11-13-3-4-13/h2,5-10,13H,3-4,11H2,1H3,(H,19,21). The molecule has 2 aromatic carbocycles. The van der Waals surface area contributed by atoms with Crippen LogP contribution in [-0.2, 0) is 0 Å². The highest BCUT2D eigenvalue weighted by atomic mass is 16.6. The van der Waals surface area contributed by atoms with Gasteiger partial charge in [0.05, 0.1) is 11.5 Å². The van der Waals surface area contributed by atoms with Gasteiger partial charge in [0, 0.05) is 22.9 Å². The van der Waals surface area contributed by atoms with Gasteiger partial charge in [0.2, 0.25) is 0 Å². The first kappa shape index (κ1) is 16.0. The van der Waals surface area contributed by atoms with Crippen LogP contribution in [0.3, 0.4) is 0 Å². The van der Waals surface area contributed by atoms with Crippen LogP contribution in [0.2, 0.25) is 0 Å². The van der Waals surface area contributed by atoms with E-state index >= 15 is 0 Å². The molecule has 6 heteroatoms. The molecule has 1 N–H and O–H groups in total. The average Bonchev–Trinajstić information content (AvgIpc) is 3.39. The Morgan fingerprint density at radius 1 is 1.25 bits per heavy atom. The zero-order valence-corrected chi connectivity index (χ0v) is 13.3. The smallest absolute Gasteiger partial charge is 0.274 e. The van der Waals surface area contributed by atoms with E-state index in [9.17, 15) is 14.9 Å². The van der Waals surface area contributed by atoms with Gasteiger partial charge in [-0.05, 0) is 56.0 Å². The maximum Gasteiger partial charge on any atom is 0.274 e. The van der Waals surface area contributed by atoms with Crippen molar-refractivity contribution in [3.05, 3.63) is 63.7 Å². The molecular weight excluding hydrogens is 308 g/mol. The molecule has 1 fully saturated rings. The predicted octanol–water partition coefficient (Wildman–Crippen LogP) is 3.94. The zero-order valence-electron chi connectivity index (χ0n) is 13.3. The van der Waals surface area contributed by atoms with Crippen molar-refractivity contribution in [3.63, 3.8) is 0 Å². The number of carbonyl (C=O) groups is 1. The first-order chi connectivity index (χ1) is 11.5. The van der Waals surface area contributed by atoms with E-state index in [4.69, 9.17) is 4.74 Å². The van der Waals surface area contributed by atoms with E-state index in [0.29, 0.717) is 22.7 Å². The lowest BCUT2D eigenvalue weighted by Crippen LogP contribution is -2.12. The minimum atomic E-state index is -0.461. The molecule has 1 saturated carbocycles. The molecule has 0 unspecified atom stereocenters. The molecule has 124 valence electrons. The third-order valence-corrected chi connectivity index (χ3v) is 3.96. The summed E-state index contributed by atoms with van der Waals surface area (Å²) in [6, 6.07) is 11.5. The minimum Gasteiger partial charge on any atom is -0.493 e. The maximum atomic E-state index is 12.2. The molecule has 2 aromatic rings. The molecule has 1 aliphatic rings. The van der Waals surface area contributed by atoms with E-state index in [0.717, 1.165) is 12.4 Å². The summed E-state index contributed by atoms with van der Waals surface area (Å²) in [6.07, 6.45) is 2.45. The van der Waals surface area contributed by atoms with Crippen molar-refractivity contribution in [1.29, 1.82) is 0 Å². The SMILES string of the molecule is Cc1ccc(NC(=O)c2ccc(OCC3CC3)cc2)cc1[N+](=O)[O-]. The Labute approximate surface area is 139 Å². The topological polar surface area (TPSA) is 81.5 Å². The first-order valence-electron chi connectivity index (χ1n) is 7.82. The van der Waals surface area contributed by atoms with Gasteiger partial charge in [0.15, 0.2) is 0 Å². The van der Waals surface area contributed by atoms with E-state index in [1.54, 1.807) is 43.3 Å². The highest BCUT2D eigenvalue weighted by Gasteiger charge is 2.21. The summed E-state index contributed by atoms with van der Waals surface area (Å²) in [5, 5.41) is 13.6. The van der Waals surface area contributed by atoms with Gasteiger partial charge in [0.1, 0.15) is 5.75 Å². The van der Waals surface area contributed by atoms with Crippen LogP contribution in [0.15, 0.2) is 42.5 Å². The summed E-state index contributed by atoms with van der Waals surface area (Å²) in [7, 11) is 0. The number of hydrogen-bond donors (Lipinski definition) is 1. The Morgan fingerprint density at radius 3 is 2.58 bits per heavy atom. The number of nitrogens with one attached hydrogen (secondary N) is 1. The number of rotatable bonds is 6. The number of amides is 1. The number of nitrogens with zero attached hydrogens (tertiary/aromatic N) is 1. The summed E-state index contributed by atoms with van der Waals surface area (Å²) in [5.41, 5.74) is 1.40. The fourth-order valence-corrected chi connectivity index (χ4v) is 2.29. The number of benzene rings is 2. The van der Waals surface area contributed by atoms with E-state index in [1.807, 2.05) is 0 Å². The van der Waals surface area contributed by atoms with Gasteiger partial charge in [-0.15, -0.1) is 0 Å². The zero-order chi connectivity index (χ0) is 17.1. The van der Waals surface area contributed by atoms with Gasteiger partial charge >= 0.3 is 0 Å². The van der Waals surface area contributed by atoms with Crippen LogP contribution >= 0.6 is 0 Å². The van der Waals surface area contributed by atoms with E-state index in [2.05, 4.69) is 5.32 Å². The molecule has 0 bridgehead atoms. The Kier molecular flexibility index (Phi) is 4.46. The molecule has 0 saturated heterocycles. The van der Waals surface area contributed by atoms with Gasteiger partial charge in [-0.1, -0.05) is 6.07 Å². The van der Waals surface area contributed by atoms with Crippen molar-refractivity contribution in [3.8, 4) is 5.75 Å². The molecule has 0 aliphatic heterocycles. The van der Waals surface area contributed by atoms with Gasteiger partial charge in [-0.25, -0.2) is 0 Å². The molecule has 24 heavy (non-hydrogen) atoms. The van der Waals surface area contributed by atoms with E-state index in [1.165, 1.54) is 18.9 Å². The largest absolute Gasteiger partial charge is 0.493 e. The van der Waals surface area contributed by atoms with Crippen LogP contribution in [0, 0.1) is 23.0 Å². The number of nitro groups is 1. The monoisotopic (exact) mass is 326 g/mol. The summed E-state index contributed by atoms with van der Waals surface area (Å²) in [5.74, 6) is 1.09. The summed E-state index contributed by atoms with van der Waals surface area (Å²) in [6.45, 7) is 2.38. The second-order valence-electron chi connectivity index (χ2n) is 5.99. The summed E-state index contributed by atoms with van der Waals surface area (Å²) < 4.78 is 5.63. The van der Waals surface area contributed by atoms with Gasteiger partial charge in [-0.3, -0.25) is 14.9 Å². The maximum absolute atomic E-state index is 12.2. The fraction of sp³-hybridized carbons (Fsp3) is 0.278. The van der Waals surface area contributed by atoms with Gasteiger partial charge < -0.3 is 10.1 Å². The number of ether oxygens (including phenoxy) is 1. The second-order valence-corrected chi connectivity index (χ2v) is 5.99. The molecular formula is C18H18N2O4. The number of nitro benzene ring substituents is 1. The normalized spacial score (nSPS) is 13.4. The van der Waals surface area contributed by atoms with Crippen molar-refractivity contribution in [2.24, 2.45) is 5.92 Å². The van der Waals surface area contributed by atoms with Crippen molar-refractivity contribution < 1.29 is 14.5 Å². The van der Waals surface area contributed by atoms with Crippen molar-refractivity contribution >= 4 is 17.3 Å². The average molecular weight is 326 g/mol. The molecule has 1 amide bonds. The number of anilines is 1. The highest BCUT2D eigenvalue weighted by Crippen LogP contribution is 2.29. The minimum absolute atomic E-state index is 0.0170. The van der Waals surface area contributed by atoms with Crippen molar-refractivity contribution in [1.82, 2.24) is 0 Å². The number of aryl methyl sites for hydroxylation is 1. The molecule has 6 nitrogen and oxygen atoms in total. The number of carbonyl (C=O) groups excluding carboxylic acids is 1. The van der Waals surface area contributed by atoms with Crippen LogP contribution < -0.4 is 10.1 Å². The predicted molar refractivity (Wildman–Crippen MR) is 90.4 cm³/mol. The summed E-state index contributed by atoms with van der Waals surface area (Å²) in [4.78, 5) is 22.7. The molecule has 0 aromatic heterocycles. The van der Waals surface area contributed by atoms with E-state index < -0.39 is 4.92 Å². The summed E-state index contributed by atoms with van der Waals surface area (Å²) >= 11 is 0. The lowest BCUT2D eigenvalue weighted by molar-refractivity contribution is -0.385. The van der Waals surface area contributed by atoms with Crippen LogP contribution in [0.25, 0.3) is 0 Å². The molecule has 3 rings (SSSR count). The van der Waals surface area contributed by atoms with Crippen LogP contribution in [0.5, 0.6) is 5.75 Å².